The molecule has 3 aromatic carbocycles. The van der Waals surface area contributed by atoms with Gasteiger partial charge in [-0.05, 0) is 74.4 Å². The number of carbonyl (C=O) groups excluding carboxylic acids is 4. The quantitative estimate of drug-likeness (QED) is 0.114. The van der Waals surface area contributed by atoms with Crippen LogP contribution in [0.1, 0.15) is 56.3 Å². The molecule has 0 aliphatic carbocycles. The maximum atomic E-state index is 13.8. The number of aliphatic hydroxyl groups excluding tert-OH is 1. The molecular formula is C37H48N6O7. The molecule has 13 heteroatoms. The number of rotatable bonds is 14. The predicted octanol–water partition coefficient (Wildman–Crippen LogP) is 5.19. The van der Waals surface area contributed by atoms with Crippen molar-refractivity contribution in [3.05, 3.63) is 72.3 Å². The van der Waals surface area contributed by atoms with E-state index in [1.54, 1.807) is 92.7 Å². The Morgan fingerprint density at radius 1 is 0.980 bits per heavy atom. The number of anilines is 4. The number of aliphatic hydroxyl groups is 1. The Balaban J connectivity index is 1.36. The second-order valence-corrected chi connectivity index (χ2v) is 12.6. The monoisotopic (exact) mass is 688 g/mol. The molecular weight excluding hydrogens is 640 g/mol. The van der Waals surface area contributed by atoms with Gasteiger partial charge < -0.3 is 46.1 Å². The van der Waals surface area contributed by atoms with E-state index in [0.29, 0.717) is 59.9 Å². The Morgan fingerprint density at radius 2 is 1.64 bits per heavy atom. The average Bonchev–Trinajstić information content (AvgIpc) is 3.10. The lowest BCUT2D eigenvalue weighted by molar-refractivity contribution is -0.116. The van der Waals surface area contributed by atoms with Crippen LogP contribution in [0.3, 0.4) is 0 Å². The summed E-state index contributed by atoms with van der Waals surface area (Å²) in [6.07, 6.45) is 1.95. The molecule has 0 saturated carbocycles. The molecule has 6 N–H and O–H groups in total. The number of nitrogens with one attached hydrogen (secondary N) is 3. The smallest absolute Gasteiger partial charge is 0.321 e. The maximum absolute atomic E-state index is 13.8. The summed E-state index contributed by atoms with van der Waals surface area (Å²) in [5.41, 5.74) is 8.25. The molecule has 1 aliphatic heterocycles. The average molecular weight is 689 g/mol. The molecule has 50 heavy (non-hydrogen) atoms. The predicted molar refractivity (Wildman–Crippen MR) is 193 cm³/mol. The van der Waals surface area contributed by atoms with Crippen molar-refractivity contribution in [2.75, 3.05) is 55.5 Å². The van der Waals surface area contributed by atoms with Crippen LogP contribution in [0.15, 0.2) is 66.7 Å². The molecule has 4 rings (SSSR count). The summed E-state index contributed by atoms with van der Waals surface area (Å²) in [5, 5.41) is 18.5. The Labute approximate surface area is 293 Å². The van der Waals surface area contributed by atoms with Crippen LogP contribution < -0.4 is 31.2 Å². The van der Waals surface area contributed by atoms with Crippen LogP contribution in [0, 0.1) is 5.92 Å². The molecule has 1 aliphatic rings. The van der Waals surface area contributed by atoms with Gasteiger partial charge in [0.1, 0.15) is 17.6 Å². The minimum absolute atomic E-state index is 0.135. The summed E-state index contributed by atoms with van der Waals surface area (Å²) < 4.78 is 11.6. The van der Waals surface area contributed by atoms with Crippen molar-refractivity contribution >= 4 is 46.5 Å². The fraction of sp³-hybridized carbons (Fsp3) is 0.405. The van der Waals surface area contributed by atoms with Gasteiger partial charge in [-0.3, -0.25) is 14.4 Å². The van der Waals surface area contributed by atoms with Crippen molar-refractivity contribution < 1.29 is 33.8 Å². The topological polar surface area (TPSA) is 176 Å². The van der Waals surface area contributed by atoms with E-state index in [1.165, 1.54) is 4.90 Å². The Kier molecular flexibility index (Phi) is 13.4. The summed E-state index contributed by atoms with van der Waals surface area (Å²) in [6.45, 7) is 3.98. The van der Waals surface area contributed by atoms with Gasteiger partial charge >= 0.3 is 6.03 Å². The summed E-state index contributed by atoms with van der Waals surface area (Å²) >= 11 is 0. The van der Waals surface area contributed by atoms with Crippen LogP contribution >= 0.6 is 0 Å². The summed E-state index contributed by atoms with van der Waals surface area (Å²) in [5.74, 6) is 0.115. The van der Waals surface area contributed by atoms with Gasteiger partial charge in [-0.25, -0.2) is 4.79 Å². The van der Waals surface area contributed by atoms with Gasteiger partial charge in [0.05, 0.1) is 43.2 Å². The van der Waals surface area contributed by atoms with Gasteiger partial charge in [0.25, 0.3) is 5.91 Å². The number of unbranched alkanes of at least 4 members (excludes halogenated alkanes) is 2. The molecule has 0 saturated heterocycles. The van der Waals surface area contributed by atoms with Crippen LogP contribution in [0.5, 0.6) is 11.5 Å². The van der Waals surface area contributed by atoms with E-state index in [-0.39, 0.29) is 61.4 Å². The first kappa shape index (κ1) is 37.5. The molecule has 0 bridgehead atoms. The van der Waals surface area contributed by atoms with Crippen molar-refractivity contribution in [3.8, 4) is 11.5 Å². The number of carbonyl (C=O) groups is 4. The van der Waals surface area contributed by atoms with Gasteiger partial charge in [0.15, 0.2) is 0 Å². The van der Waals surface area contributed by atoms with Gasteiger partial charge in [-0.15, -0.1) is 0 Å². The molecule has 5 amide bonds. The first-order chi connectivity index (χ1) is 24.0. The number of methoxy groups -OCH3 is 1. The highest BCUT2D eigenvalue weighted by Crippen LogP contribution is 2.31. The van der Waals surface area contributed by atoms with Gasteiger partial charge in [0.2, 0.25) is 11.8 Å². The molecule has 0 spiro atoms. The van der Waals surface area contributed by atoms with Crippen LogP contribution in [0.2, 0.25) is 0 Å². The zero-order valence-corrected chi connectivity index (χ0v) is 29.1. The number of nitrogen functional groups attached to an aromatic ring is 1. The first-order valence-corrected chi connectivity index (χ1v) is 16.8. The van der Waals surface area contributed by atoms with Gasteiger partial charge in [-0.1, -0.05) is 25.5 Å². The number of nitrogens with two attached hydrogens (primary N) is 1. The zero-order valence-electron chi connectivity index (χ0n) is 29.1. The van der Waals surface area contributed by atoms with Gasteiger partial charge in [0, 0.05) is 43.7 Å². The lowest BCUT2D eigenvalue weighted by Gasteiger charge is -2.38. The Bertz CT molecular complexity index is 1630. The third-order valence-corrected chi connectivity index (χ3v) is 8.63. The van der Waals surface area contributed by atoms with Crippen molar-refractivity contribution in [2.45, 2.75) is 58.1 Å². The van der Waals surface area contributed by atoms with E-state index in [2.05, 4.69) is 16.0 Å². The maximum Gasteiger partial charge on any atom is 0.321 e. The molecule has 3 aromatic rings. The van der Waals surface area contributed by atoms with Crippen molar-refractivity contribution in [3.63, 3.8) is 0 Å². The molecule has 3 atom stereocenters. The molecule has 13 nitrogen and oxygen atoms in total. The lowest BCUT2D eigenvalue weighted by Crippen LogP contribution is -2.50. The van der Waals surface area contributed by atoms with E-state index in [4.69, 9.17) is 15.2 Å². The number of benzene rings is 3. The summed E-state index contributed by atoms with van der Waals surface area (Å²) in [6, 6.07) is 18.2. The van der Waals surface area contributed by atoms with E-state index in [9.17, 15) is 24.3 Å². The highest BCUT2D eigenvalue weighted by Gasteiger charge is 2.34. The third-order valence-electron chi connectivity index (χ3n) is 8.63. The molecule has 0 radical (unpaired) electrons. The molecule has 0 unspecified atom stereocenters. The second kappa shape index (κ2) is 17.9. The van der Waals surface area contributed by atoms with Crippen LogP contribution in [-0.4, -0.2) is 84.7 Å². The van der Waals surface area contributed by atoms with Crippen LogP contribution in [0.25, 0.3) is 0 Å². The highest BCUT2D eigenvalue weighted by molar-refractivity contribution is 6.00. The highest BCUT2D eigenvalue weighted by atomic mass is 16.5. The Hall–Kier alpha value is -5.30. The Morgan fingerprint density at radius 3 is 2.30 bits per heavy atom. The molecule has 1 heterocycles. The van der Waals surface area contributed by atoms with Crippen molar-refractivity contribution in [1.29, 1.82) is 0 Å². The molecule has 0 fully saturated rings. The largest absolute Gasteiger partial charge is 0.497 e. The zero-order chi connectivity index (χ0) is 36.2. The first-order valence-electron chi connectivity index (χ1n) is 16.8. The van der Waals surface area contributed by atoms with E-state index in [1.807, 2.05) is 6.92 Å². The minimum atomic E-state index is -0.491. The fourth-order valence-electron chi connectivity index (χ4n) is 5.56. The summed E-state index contributed by atoms with van der Waals surface area (Å²) in [7, 11) is 3.24. The number of amides is 5. The second-order valence-electron chi connectivity index (χ2n) is 12.6. The SMILES string of the molecule is COc1ccc(NC(=O)N(C)C[C@H]2Oc3ccc(NC(=O)CCCCCC(=O)Nc4ccccc4N)cc3C(=O)N([C@@H](C)CO)C[C@H]2C)cc1. The van der Waals surface area contributed by atoms with E-state index >= 15 is 0 Å². The molecule has 0 aromatic heterocycles. The van der Waals surface area contributed by atoms with Crippen LogP contribution in [0.4, 0.5) is 27.5 Å². The van der Waals surface area contributed by atoms with Crippen LogP contribution in [-0.2, 0) is 9.59 Å². The van der Waals surface area contributed by atoms with Gasteiger partial charge in [-0.2, -0.15) is 0 Å². The van der Waals surface area contributed by atoms with E-state index in [0.717, 1.165) is 0 Å². The number of hydrogen-bond donors (Lipinski definition) is 5. The van der Waals surface area contributed by atoms with E-state index < -0.39 is 12.1 Å². The number of hydrogen-bond acceptors (Lipinski definition) is 8. The number of fused-ring (bicyclic) bond motifs is 1. The third kappa shape index (κ3) is 10.3. The normalized spacial score (nSPS) is 16.2. The number of urea groups is 1. The van der Waals surface area contributed by atoms with Crippen molar-refractivity contribution in [2.24, 2.45) is 5.92 Å². The lowest BCUT2D eigenvalue weighted by atomic mass is 9.99. The molecule has 268 valence electrons. The summed E-state index contributed by atoms with van der Waals surface area (Å²) in [4.78, 5) is 55.0. The fourth-order valence-corrected chi connectivity index (χ4v) is 5.56. The number of para-hydroxylation sites is 2. The number of nitrogens with zero attached hydrogens (tertiary/aromatic N) is 2. The number of ether oxygens (including phenoxy) is 2. The minimum Gasteiger partial charge on any atom is -0.497 e. The standard InChI is InChI=1S/C37H48N6O7/c1-24-21-43(25(2)23-44)36(47)29-20-27(39-34(45)12-6-5-7-13-35(46)41-31-11-9-8-10-30(31)38)16-19-32(29)50-33(24)22-42(3)37(48)40-26-14-17-28(49-4)18-15-26/h8-11,14-20,24-25,33,44H,5-7,12-13,21-23,38H2,1-4H3,(H,39,45)(H,40,48)(H,41,46)/t24-,25+,33-/m1/s1. The van der Waals surface area contributed by atoms with Crippen molar-refractivity contribution in [1.82, 2.24) is 9.80 Å². The number of likely N-dealkylation sites (N-methyl/N-ethyl adjacent to an activating group) is 1.